The molecule has 0 saturated carbocycles. The number of esters is 4. The molecule has 3 unspecified atom stereocenters. The summed E-state index contributed by atoms with van der Waals surface area (Å²) in [6.07, 6.45) is 44.5. The van der Waals surface area contributed by atoms with E-state index in [1.54, 1.807) is 0 Å². The highest BCUT2D eigenvalue weighted by atomic mass is 31.2. The number of hydrogen-bond acceptors (Lipinski definition) is 15. The normalized spacial score (nSPS) is 14.5. The van der Waals surface area contributed by atoms with E-state index in [0.717, 1.165) is 114 Å². The standard InChI is InChI=1S/C72H140O17P2/c1-9-65(8)51-43-35-26-22-23-27-36-44-52-69(74)82-58-67(88-72(77)55-47-39-29-21-17-16-19-25-33-41-49-63(4)5)60-86-90(78,79)84-56-66(73)57-85-91(80,81)87-61-68(59-83-70(75)53-45-37-31-30-34-42-50-64(6)7)89-71(76)54-46-38-28-20-15-13-11-10-12-14-18-24-32-40-48-62(2)3/h62-68,73H,9-61H2,1-8H3,(H,78,79)(H,80,81)/t65?,66-,67-,68-/m1/s1. The number of phosphoric acid groups is 2. The summed E-state index contributed by atoms with van der Waals surface area (Å²) in [7, 11) is -9.91. The fourth-order valence-electron chi connectivity index (χ4n) is 10.8. The van der Waals surface area contributed by atoms with Gasteiger partial charge in [0.05, 0.1) is 26.4 Å². The quantitative estimate of drug-likeness (QED) is 0.0222. The summed E-state index contributed by atoms with van der Waals surface area (Å²) in [5, 5.41) is 10.6. The van der Waals surface area contributed by atoms with Crippen LogP contribution < -0.4 is 0 Å². The van der Waals surface area contributed by atoms with Gasteiger partial charge >= 0.3 is 39.5 Å². The largest absolute Gasteiger partial charge is 0.472 e. The predicted molar refractivity (Wildman–Crippen MR) is 367 cm³/mol. The molecule has 0 bridgehead atoms. The number of aliphatic hydroxyl groups excluding tert-OH is 1. The molecule has 540 valence electrons. The van der Waals surface area contributed by atoms with E-state index in [-0.39, 0.29) is 25.7 Å². The van der Waals surface area contributed by atoms with Gasteiger partial charge in [-0.1, -0.05) is 306 Å². The molecular weight excluding hydrogens is 1200 g/mol. The second-order valence-corrected chi connectivity index (χ2v) is 30.6. The van der Waals surface area contributed by atoms with Gasteiger partial charge in [0.2, 0.25) is 0 Å². The highest BCUT2D eigenvalue weighted by Gasteiger charge is 2.30. The van der Waals surface area contributed by atoms with Crippen LogP contribution in [0.15, 0.2) is 0 Å². The van der Waals surface area contributed by atoms with Gasteiger partial charge in [-0.15, -0.1) is 0 Å². The first kappa shape index (κ1) is 89.1. The average Bonchev–Trinajstić information content (AvgIpc) is 3.33. The van der Waals surface area contributed by atoms with Crippen molar-refractivity contribution < 1.29 is 80.2 Å². The maximum atomic E-state index is 13.0. The van der Waals surface area contributed by atoms with Crippen molar-refractivity contribution in [2.75, 3.05) is 39.6 Å². The van der Waals surface area contributed by atoms with E-state index in [0.29, 0.717) is 31.6 Å². The molecule has 0 radical (unpaired) electrons. The van der Waals surface area contributed by atoms with Crippen LogP contribution in [0.25, 0.3) is 0 Å². The van der Waals surface area contributed by atoms with Crippen molar-refractivity contribution in [3.05, 3.63) is 0 Å². The van der Waals surface area contributed by atoms with Crippen LogP contribution >= 0.6 is 15.6 Å². The van der Waals surface area contributed by atoms with Gasteiger partial charge in [-0.3, -0.25) is 37.3 Å². The zero-order valence-corrected chi connectivity index (χ0v) is 61.3. The molecule has 0 aromatic rings. The summed E-state index contributed by atoms with van der Waals surface area (Å²) in [5.41, 5.74) is 0. The molecule has 0 aliphatic heterocycles. The molecule has 0 fully saturated rings. The molecule has 19 heteroatoms. The number of unbranched alkanes of at least 4 members (excludes halogenated alkanes) is 34. The second-order valence-electron chi connectivity index (χ2n) is 27.6. The summed E-state index contributed by atoms with van der Waals surface area (Å²) in [6.45, 7) is 14.1. The first-order valence-corrected chi connectivity index (χ1v) is 40.2. The molecule has 0 aliphatic carbocycles. The van der Waals surface area contributed by atoms with Gasteiger partial charge in [-0.05, 0) is 49.4 Å². The van der Waals surface area contributed by atoms with Gasteiger partial charge in [-0.25, -0.2) is 9.13 Å². The Morgan fingerprint density at radius 2 is 0.527 bits per heavy atom. The molecule has 0 saturated heterocycles. The average molecular weight is 1340 g/mol. The van der Waals surface area contributed by atoms with Crippen molar-refractivity contribution in [3.63, 3.8) is 0 Å². The van der Waals surface area contributed by atoms with Gasteiger partial charge in [-0.2, -0.15) is 0 Å². The van der Waals surface area contributed by atoms with Crippen LogP contribution in [-0.2, 0) is 65.4 Å². The maximum Gasteiger partial charge on any atom is 0.472 e. The van der Waals surface area contributed by atoms with Crippen molar-refractivity contribution in [1.82, 2.24) is 0 Å². The minimum Gasteiger partial charge on any atom is -0.462 e. The zero-order chi connectivity index (χ0) is 67.5. The van der Waals surface area contributed by atoms with Crippen molar-refractivity contribution in [2.24, 2.45) is 23.7 Å². The summed E-state index contributed by atoms with van der Waals surface area (Å²) < 4.78 is 68.3. The number of aliphatic hydroxyl groups is 1. The lowest BCUT2D eigenvalue weighted by molar-refractivity contribution is -0.161. The molecule has 6 atom stereocenters. The van der Waals surface area contributed by atoms with E-state index in [1.807, 2.05) is 0 Å². The van der Waals surface area contributed by atoms with E-state index in [2.05, 4.69) is 55.4 Å². The predicted octanol–water partition coefficient (Wildman–Crippen LogP) is 20.5. The van der Waals surface area contributed by atoms with E-state index in [1.165, 1.54) is 154 Å². The van der Waals surface area contributed by atoms with Gasteiger partial charge in [0, 0.05) is 25.7 Å². The van der Waals surface area contributed by atoms with Crippen LogP contribution in [0.4, 0.5) is 0 Å². The number of carbonyl (C=O) groups excluding carboxylic acids is 4. The number of phosphoric ester groups is 2. The molecule has 17 nitrogen and oxygen atoms in total. The summed E-state index contributed by atoms with van der Waals surface area (Å²) in [6, 6.07) is 0. The van der Waals surface area contributed by atoms with Crippen molar-refractivity contribution in [3.8, 4) is 0 Å². The lowest BCUT2D eigenvalue weighted by Gasteiger charge is -2.21. The molecule has 0 aromatic heterocycles. The third-order valence-electron chi connectivity index (χ3n) is 16.9. The highest BCUT2D eigenvalue weighted by Crippen LogP contribution is 2.45. The first-order valence-electron chi connectivity index (χ1n) is 37.2. The molecular formula is C72H140O17P2. The molecule has 0 aromatic carbocycles. The summed E-state index contributed by atoms with van der Waals surface area (Å²) >= 11 is 0. The van der Waals surface area contributed by atoms with Crippen LogP contribution in [0, 0.1) is 23.7 Å². The van der Waals surface area contributed by atoms with Crippen molar-refractivity contribution in [2.45, 2.75) is 375 Å². The summed E-state index contributed by atoms with van der Waals surface area (Å²) in [4.78, 5) is 72.6. The van der Waals surface area contributed by atoms with Crippen LogP contribution in [-0.4, -0.2) is 96.7 Å². The van der Waals surface area contributed by atoms with E-state index in [4.69, 9.17) is 37.0 Å². The molecule has 0 amide bonds. The Morgan fingerprint density at radius 3 is 0.780 bits per heavy atom. The Balaban J connectivity index is 5.23. The van der Waals surface area contributed by atoms with Crippen LogP contribution in [0.3, 0.4) is 0 Å². The monoisotopic (exact) mass is 1340 g/mol. The number of rotatable bonds is 69. The van der Waals surface area contributed by atoms with Crippen LogP contribution in [0.1, 0.15) is 357 Å². The zero-order valence-electron chi connectivity index (χ0n) is 59.5. The topological polar surface area (TPSA) is 237 Å². The van der Waals surface area contributed by atoms with Crippen LogP contribution in [0.5, 0.6) is 0 Å². The third kappa shape index (κ3) is 65.1. The van der Waals surface area contributed by atoms with Gasteiger partial charge < -0.3 is 33.8 Å². The summed E-state index contributed by atoms with van der Waals surface area (Å²) in [5.74, 6) is 0.876. The smallest absolute Gasteiger partial charge is 0.462 e. The minimum atomic E-state index is -4.95. The van der Waals surface area contributed by atoms with E-state index >= 15 is 0 Å². The fraction of sp³-hybridized carbons (Fsp3) is 0.944. The lowest BCUT2D eigenvalue weighted by Crippen LogP contribution is -2.30. The Bertz CT molecular complexity index is 1800. The number of ether oxygens (including phenoxy) is 4. The third-order valence-corrected chi connectivity index (χ3v) is 18.8. The Hall–Kier alpha value is -1.94. The number of hydrogen-bond donors (Lipinski definition) is 3. The molecule has 0 heterocycles. The van der Waals surface area contributed by atoms with E-state index in [9.17, 15) is 43.2 Å². The molecule has 91 heavy (non-hydrogen) atoms. The minimum absolute atomic E-state index is 0.105. The SMILES string of the molecule is CCC(C)CCCCCCCCCCC(=O)OC[C@H](COP(=O)(O)OC[C@@H](O)COP(=O)(O)OC[C@@H](COC(=O)CCCCCCCCC(C)C)OC(=O)CCCCCCCCCCCCCCCCC(C)C)OC(=O)CCCCCCCCCCCCC(C)C. The molecule has 0 rings (SSSR count). The highest BCUT2D eigenvalue weighted by molar-refractivity contribution is 7.47. The fourth-order valence-corrected chi connectivity index (χ4v) is 12.4. The van der Waals surface area contributed by atoms with Gasteiger partial charge in [0.15, 0.2) is 12.2 Å². The Labute approximate surface area is 556 Å². The lowest BCUT2D eigenvalue weighted by atomic mass is 9.99. The first-order chi connectivity index (χ1) is 43.6. The van der Waals surface area contributed by atoms with Crippen molar-refractivity contribution >= 4 is 39.5 Å². The molecule has 0 spiro atoms. The Morgan fingerprint density at radius 1 is 0.308 bits per heavy atom. The van der Waals surface area contributed by atoms with E-state index < -0.39 is 97.5 Å². The number of carbonyl (C=O) groups is 4. The molecule has 0 aliphatic rings. The van der Waals surface area contributed by atoms with Gasteiger partial charge in [0.25, 0.3) is 0 Å². The second kappa shape index (κ2) is 61.6. The maximum absolute atomic E-state index is 13.0. The molecule has 3 N–H and O–H groups in total. The van der Waals surface area contributed by atoms with Crippen molar-refractivity contribution in [1.29, 1.82) is 0 Å². The van der Waals surface area contributed by atoms with Crippen LogP contribution in [0.2, 0.25) is 0 Å². The van der Waals surface area contributed by atoms with Gasteiger partial charge in [0.1, 0.15) is 19.3 Å². The Kier molecular flexibility index (Phi) is 60.3.